The topological polar surface area (TPSA) is 75.3 Å². The molecule has 31 heavy (non-hydrogen) atoms. The van der Waals surface area contributed by atoms with Gasteiger partial charge in [-0.2, -0.15) is 13.2 Å². The van der Waals surface area contributed by atoms with Crippen molar-refractivity contribution < 1.29 is 26.4 Å². The van der Waals surface area contributed by atoms with Crippen molar-refractivity contribution in [1.29, 1.82) is 0 Å². The number of hydrogen-bond acceptors (Lipinski definition) is 3. The lowest BCUT2D eigenvalue weighted by atomic mass is 10.1. The van der Waals surface area contributed by atoms with Crippen LogP contribution in [-0.4, -0.2) is 14.3 Å². The van der Waals surface area contributed by atoms with Gasteiger partial charge in [0.1, 0.15) is 0 Å². The second kappa shape index (κ2) is 8.99. The lowest BCUT2D eigenvalue weighted by Gasteiger charge is -2.12. The highest BCUT2D eigenvalue weighted by Crippen LogP contribution is 2.29. The molecule has 2 N–H and O–H groups in total. The Hall–Kier alpha value is -3.04. The maximum atomic E-state index is 12.8. The van der Waals surface area contributed by atoms with Crippen LogP contribution >= 0.6 is 11.6 Å². The van der Waals surface area contributed by atoms with Crippen LogP contribution in [0.3, 0.4) is 0 Å². The molecule has 1 amide bonds. The summed E-state index contributed by atoms with van der Waals surface area (Å²) in [6.45, 7) is -0.168. The molecule has 0 aliphatic heterocycles. The van der Waals surface area contributed by atoms with Crippen LogP contribution in [0, 0.1) is 0 Å². The molecule has 0 fully saturated rings. The molecule has 0 unspecified atom stereocenters. The number of alkyl halides is 3. The van der Waals surface area contributed by atoms with E-state index >= 15 is 0 Å². The lowest BCUT2D eigenvalue weighted by molar-refractivity contribution is -0.137. The van der Waals surface area contributed by atoms with Crippen molar-refractivity contribution in [2.45, 2.75) is 17.6 Å². The Morgan fingerprint density at radius 1 is 0.935 bits per heavy atom. The van der Waals surface area contributed by atoms with E-state index in [1.54, 1.807) is 18.2 Å². The quantitative estimate of drug-likeness (QED) is 0.529. The number of anilines is 1. The van der Waals surface area contributed by atoms with Gasteiger partial charge >= 0.3 is 6.18 Å². The normalized spacial score (nSPS) is 11.7. The molecule has 162 valence electrons. The molecule has 0 spiro atoms. The second-order valence-electron chi connectivity index (χ2n) is 6.49. The molecule has 3 aromatic carbocycles. The van der Waals surface area contributed by atoms with Gasteiger partial charge in [-0.3, -0.25) is 9.52 Å². The predicted molar refractivity (Wildman–Crippen MR) is 111 cm³/mol. The minimum atomic E-state index is -4.49. The summed E-state index contributed by atoms with van der Waals surface area (Å²) in [7, 11) is -3.87. The van der Waals surface area contributed by atoms with Crippen LogP contribution in [-0.2, 0) is 22.7 Å². The number of amides is 1. The zero-order valence-electron chi connectivity index (χ0n) is 15.8. The van der Waals surface area contributed by atoms with Crippen LogP contribution in [0.15, 0.2) is 77.7 Å². The number of halogens is 4. The van der Waals surface area contributed by atoms with E-state index in [0.29, 0.717) is 0 Å². The largest absolute Gasteiger partial charge is 0.416 e. The Labute approximate surface area is 181 Å². The summed E-state index contributed by atoms with van der Waals surface area (Å²) in [6, 6.07) is 16.2. The first-order chi connectivity index (χ1) is 14.6. The van der Waals surface area contributed by atoms with Gasteiger partial charge in [-0.15, -0.1) is 0 Å². The van der Waals surface area contributed by atoms with E-state index in [0.717, 1.165) is 12.1 Å². The number of nitrogens with one attached hydrogen (secondary N) is 2. The Morgan fingerprint density at radius 2 is 1.65 bits per heavy atom. The Balaban J connectivity index is 1.75. The summed E-state index contributed by atoms with van der Waals surface area (Å²) in [6.07, 6.45) is -4.49. The number of benzene rings is 3. The molecule has 0 atom stereocenters. The summed E-state index contributed by atoms with van der Waals surface area (Å²) in [5, 5.41) is 2.55. The van der Waals surface area contributed by atoms with Gasteiger partial charge in [0.2, 0.25) is 0 Å². The van der Waals surface area contributed by atoms with Crippen molar-refractivity contribution in [3.8, 4) is 0 Å². The van der Waals surface area contributed by atoms with Gasteiger partial charge in [-0.05, 0) is 48.0 Å². The first kappa shape index (κ1) is 22.6. The van der Waals surface area contributed by atoms with Crippen molar-refractivity contribution >= 4 is 33.2 Å². The molecule has 0 aliphatic carbocycles. The van der Waals surface area contributed by atoms with E-state index in [1.165, 1.54) is 42.5 Å². The fraction of sp³-hybridized carbons (Fsp3) is 0.0952. The third kappa shape index (κ3) is 5.77. The number of rotatable bonds is 6. The molecular weight excluding hydrogens is 453 g/mol. The van der Waals surface area contributed by atoms with Crippen LogP contribution < -0.4 is 10.0 Å². The van der Waals surface area contributed by atoms with Gasteiger partial charge in [-0.1, -0.05) is 41.9 Å². The lowest BCUT2D eigenvalue weighted by Crippen LogP contribution is -2.23. The molecule has 3 rings (SSSR count). The molecule has 0 saturated carbocycles. The molecule has 0 heterocycles. The van der Waals surface area contributed by atoms with Gasteiger partial charge in [0, 0.05) is 12.2 Å². The van der Waals surface area contributed by atoms with Crippen LogP contribution in [0.4, 0.5) is 18.9 Å². The fourth-order valence-electron chi connectivity index (χ4n) is 2.71. The highest BCUT2D eigenvalue weighted by atomic mass is 35.5. The van der Waals surface area contributed by atoms with Crippen molar-refractivity contribution in [2.24, 2.45) is 0 Å². The average molecular weight is 469 g/mol. The molecule has 10 heteroatoms. The van der Waals surface area contributed by atoms with E-state index in [2.05, 4.69) is 10.0 Å². The smallest absolute Gasteiger partial charge is 0.348 e. The van der Waals surface area contributed by atoms with E-state index < -0.39 is 27.7 Å². The first-order valence-electron chi connectivity index (χ1n) is 8.88. The Morgan fingerprint density at radius 3 is 2.32 bits per heavy atom. The van der Waals surface area contributed by atoms with Gasteiger partial charge in [0.15, 0.2) is 0 Å². The summed E-state index contributed by atoms with van der Waals surface area (Å²) in [5.41, 5.74) is -0.491. The van der Waals surface area contributed by atoms with Crippen LogP contribution in [0.2, 0.25) is 5.02 Å². The molecule has 5 nitrogen and oxygen atoms in total. The zero-order valence-corrected chi connectivity index (χ0v) is 17.4. The third-order valence-electron chi connectivity index (χ3n) is 4.22. The van der Waals surface area contributed by atoms with Gasteiger partial charge in [0.25, 0.3) is 15.9 Å². The summed E-state index contributed by atoms with van der Waals surface area (Å²) in [5.74, 6) is -0.664. The van der Waals surface area contributed by atoms with Crippen molar-refractivity contribution in [3.63, 3.8) is 0 Å². The highest BCUT2D eigenvalue weighted by Gasteiger charge is 2.30. The third-order valence-corrected chi connectivity index (χ3v) is 5.95. The van der Waals surface area contributed by atoms with Gasteiger partial charge in [0.05, 0.1) is 21.0 Å². The van der Waals surface area contributed by atoms with E-state index in [-0.39, 0.29) is 33.3 Å². The summed E-state index contributed by atoms with van der Waals surface area (Å²) in [4.78, 5) is 12.6. The second-order valence-corrected chi connectivity index (χ2v) is 8.58. The van der Waals surface area contributed by atoms with E-state index in [4.69, 9.17) is 11.6 Å². The summed E-state index contributed by atoms with van der Waals surface area (Å²) < 4.78 is 65.8. The molecule has 0 aliphatic rings. The minimum Gasteiger partial charge on any atom is -0.348 e. The maximum absolute atomic E-state index is 12.8. The van der Waals surface area contributed by atoms with Crippen LogP contribution in [0.5, 0.6) is 0 Å². The molecular formula is C21H16ClF3N2O3S. The molecule has 0 bridgehead atoms. The fourth-order valence-corrected chi connectivity index (χ4v) is 3.99. The number of carbonyl (C=O) groups is 1. The first-order valence-corrected chi connectivity index (χ1v) is 10.7. The Kier molecular flexibility index (Phi) is 6.56. The number of hydrogen-bond donors (Lipinski definition) is 2. The van der Waals surface area contributed by atoms with Crippen molar-refractivity contribution in [2.75, 3.05) is 4.72 Å². The maximum Gasteiger partial charge on any atom is 0.416 e. The minimum absolute atomic E-state index is 0.0260. The van der Waals surface area contributed by atoms with Crippen LogP contribution in [0.1, 0.15) is 21.5 Å². The van der Waals surface area contributed by atoms with E-state index in [1.807, 2.05) is 0 Å². The average Bonchev–Trinajstić information content (AvgIpc) is 2.73. The van der Waals surface area contributed by atoms with Gasteiger partial charge in [-0.25, -0.2) is 8.42 Å². The van der Waals surface area contributed by atoms with E-state index in [9.17, 15) is 26.4 Å². The predicted octanol–water partition coefficient (Wildman–Crippen LogP) is 5.09. The molecule has 0 aromatic heterocycles. The zero-order chi connectivity index (χ0) is 22.6. The standard InChI is InChI=1S/C21H16ClF3N2O3S/c22-19-10-9-16(27-31(29,30)17-7-2-1-3-8-17)12-18(19)20(28)26-13-14-5-4-6-15(11-14)21(23,24)25/h1-12,27H,13H2,(H,26,28). The molecule has 3 aromatic rings. The molecule has 0 saturated heterocycles. The van der Waals surface area contributed by atoms with Gasteiger partial charge < -0.3 is 5.32 Å². The Bertz CT molecular complexity index is 1200. The highest BCUT2D eigenvalue weighted by molar-refractivity contribution is 7.92. The summed E-state index contributed by atoms with van der Waals surface area (Å²) >= 11 is 6.06. The van der Waals surface area contributed by atoms with Crippen molar-refractivity contribution in [1.82, 2.24) is 5.32 Å². The number of sulfonamides is 1. The van der Waals surface area contributed by atoms with Crippen molar-refractivity contribution in [3.05, 3.63) is 94.5 Å². The molecule has 0 radical (unpaired) electrons. The monoisotopic (exact) mass is 468 g/mol. The van der Waals surface area contributed by atoms with Crippen LogP contribution in [0.25, 0.3) is 0 Å². The SMILES string of the molecule is O=C(NCc1cccc(C(F)(F)F)c1)c1cc(NS(=O)(=O)c2ccccc2)ccc1Cl. The number of carbonyl (C=O) groups excluding carboxylic acids is 1.